The van der Waals surface area contributed by atoms with Gasteiger partial charge in [0.05, 0.1) is 5.69 Å². The minimum absolute atomic E-state index is 0.664. The molecule has 0 atom stereocenters. The number of aromatic nitrogens is 3. The average Bonchev–Trinajstić information content (AvgIpc) is 2.56. The predicted molar refractivity (Wildman–Crippen MR) is 60.1 cm³/mol. The first kappa shape index (κ1) is 10.6. The molecule has 0 saturated carbocycles. The Morgan fingerprint density at radius 2 is 2.06 bits per heavy atom. The summed E-state index contributed by atoms with van der Waals surface area (Å²) >= 11 is 0. The Morgan fingerprint density at radius 1 is 1.25 bits per heavy atom. The number of rotatable bonds is 3. The first-order valence-corrected chi connectivity index (χ1v) is 5.11. The Morgan fingerprint density at radius 3 is 2.69 bits per heavy atom. The molecule has 5 nitrogen and oxygen atoms in total. The normalized spacial score (nSPS) is 10.4. The highest BCUT2D eigenvalue weighted by atomic mass is 16.5. The zero-order valence-electron chi connectivity index (χ0n) is 9.61. The number of anilines is 1. The third-order valence-electron chi connectivity index (χ3n) is 2.43. The second-order valence-corrected chi connectivity index (χ2v) is 3.70. The third-order valence-corrected chi connectivity index (χ3v) is 2.43. The maximum Gasteiger partial charge on any atom is 0.138 e. The van der Waals surface area contributed by atoms with Crippen LogP contribution in [0.15, 0.2) is 16.9 Å². The topological polar surface area (TPSA) is 63.8 Å². The highest BCUT2D eigenvalue weighted by Crippen LogP contribution is 2.14. The summed E-state index contributed by atoms with van der Waals surface area (Å²) in [4.78, 5) is 8.16. The van der Waals surface area contributed by atoms with Gasteiger partial charge < -0.3 is 9.84 Å². The molecule has 16 heavy (non-hydrogen) atoms. The van der Waals surface area contributed by atoms with Crippen LogP contribution in [0, 0.1) is 20.8 Å². The van der Waals surface area contributed by atoms with Gasteiger partial charge in [-0.2, -0.15) is 0 Å². The molecule has 0 radical (unpaired) electrons. The van der Waals surface area contributed by atoms with Gasteiger partial charge in [0.15, 0.2) is 0 Å². The molecule has 0 saturated heterocycles. The van der Waals surface area contributed by atoms with Crippen LogP contribution in [0.2, 0.25) is 0 Å². The average molecular weight is 218 g/mol. The molecule has 0 bridgehead atoms. The Kier molecular flexibility index (Phi) is 2.85. The maximum atomic E-state index is 5.08. The zero-order valence-corrected chi connectivity index (χ0v) is 9.61. The van der Waals surface area contributed by atoms with Gasteiger partial charge in [-0.15, -0.1) is 0 Å². The second kappa shape index (κ2) is 4.30. The molecule has 1 N–H and O–H groups in total. The van der Waals surface area contributed by atoms with E-state index < -0.39 is 0 Å². The van der Waals surface area contributed by atoms with Crippen molar-refractivity contribution in [3.8, 4) is 0 Å². The molecule has 2 aromatic rings. The molecule has 0 aromatic carbocycles. The largest absolute Gasteiger partial charge is 0.366 e. The van der Waals surface area contributed by atoms with Crippen molar-refractivity contribution in [1.29, 1.82) is 0 Å². The Bertz CT molecular complexity index is 473. The lowest BCUT2D eigenvalue weighted by molar-refractivity contribution is 0.392. The van der Waals surface area contributed by atoms with Crippen molar-refractivity contribution in [2.75, 3.05) is 5.32 Å². The van der Waals surface area contributed by atoms with Crippen molar-refractivity contribution in [3.63, 3.8) is 0 Å². The number of aryl methyl sites for hydroxylation is 3. The molecule has 0 fully saturated rings. The van der Waals surface area contributed by atoms with E-state index in [1.165, 1.54) is 0 Å². The van der Waals surface area contributed by atoms with E-state index >= 15 is 0 Å². The van der Waals surface area contributed by atoms with E-state index in [0.29, 0.717) is 6.54 Å². The number of nitrogens with zero attached hydrogens (tertiary/aromatic N) is 3. The second-order valence-electron chi connectivity index (χ2n) is 3.70. The summed E-state index contributed by atoms with van der Waals surface area (Å²) in [5, 5.41) is 7.12. The highest BCUT2D eigenvalue weighted by Gasteiger charge is 2.08. The standard InChI is InChI=1S/C11H14N4O/c1-7-4-11(14-6-13-7)12-5-10-8(2)15-16-9(10)3/h4,6H,5H2,1-3H3,(H,12,13,14). The van der Waals surface area contributed by atoms with Crippen LogP contribution in [0.5, 0.6) is 0 Å². The lowest BCUT2D eigenvalue weighted by atomic mass is 10.2. The van der Waals surface area contributed by atoms with Gasteiger partial charge in [0, 0.05) is 23.9 Å². The van der Waals surface area contributed by atoms with Crippen LogP contribution in [0.1, 0.15) is 22.7 Å². The molecule has 2 heterocycles. The molecule has 84 valence electrons. The monoisotopic (exact) mass is 218 g/mol. The van der Waals surface area contributed by atoms with Crippen molar-refractivity contribution in [2.24, 2.45) is 0 Å². The van der Waals surface area contributed by atoms with E-state index in [1.54, 1.807) is 6.33 Å². The molecule has 0 amide bonds. The van der Waals surface area contributed by atoms with Gasteiger partial charge in [-0.25, -0.2) is 9.97 Å². The molecular formula is C11H14N4O. The first-order chi connectivity index (χ1) is 7.66. The van der Waals surface area contributed by atoms with Gasteiger partial charge in [-0.1, -0.05) is 5.16 Å². The van der Waals surface area contributed by atoms with Crippen LogP contribution in [0.4, 0.5) is 5.82 Å². The molecule has 0 aliphatic heterocycles. The van der Waals surface area contributed by atoms with Crippen molar-refractivity contribution in [2.45, 2.75) is 27.3 Å². The molecule has 2 rings (SSSR count). The molecule has 5 heteroatoms. The minimum Gasteiger partial charge on any atom is -0.366 e. The van der Waals surface area contributed by atoms with Gasteiger partial charge in [0.25, 0.3) is 0 Å². The van der Waals surface area contributed by atoms with E-state index in [9.17, 15) is 0 Å². The van der Waals surface area contributed by atoms with E-state index in [2.05, 4.69) is 20.4 Å². The lowest BCUT2D eigenvalue weighted by Gasteiger charge is -2.04. The smallest absolute Gasteiger partial charge is 0.138 e. The summed E-state index contributed by atoms with van der Waals surface area (Å²) in [7, 11) is 0. The van der Waals surface area contributed by atoms with Gasteiger partial charge >= 0.3 is 0 Å². The van der Waals surface area contributed by atoms with Crippen LogP contribution >= 0.6 is 0 Å². The van der Waals surface area contributed by atoms with Crippen LogP contribution in [-0.2, 0) is 6.54 Å². The SMILES string of the molecule is Cc1cc(NCc2c(C)noc2C)ncn1. The van der Waals surface area contributed by atoms with Crippen LogP contribution in [-0.4, -0.2) is 15.1 Å². The first-order valence-electron chi connectivity index (χ1n) is 5.11. The molecule has 0 unspecified atom stereocenters. The lowest BCUT2D eigenvalue weighted by Crippen LogP contribution is -2.03. The Balaban J connectivity index is 2.08. The van der Waals surface area contributed by atoms with Crippen LogP contribution in [0.25, 0.3) is 0 Å². The maximum absolute atomic E-state index is 5.08. The fourth-order valence-electron chi connectivity index (χ4n) is 1.48. The summed E-state index contributed by atoms with van der Waals surface area (Å²) in [6.45, 7) is 6.43. The third kappa shape index (κ3) is 2.18. The molecule has 0 aliphatic rings. The summed E-state index contributed by atoms with van der Waals surface area (Å²) < 4.78 is 5.08. The fourth-order valence-corrected chi connectivity index (χ4v) is 1.48. The molecule has 0 aliphatic carbocycles. The van der Waals surface area contributed by atoms with Crippen molar-refractivity contribution >= 4 is 5.82 Å². The van der Waals surface area contributed by atoms with Gasteiger partial charge in [0.1, 0.15) is 17.9 Å². The minimum atomic E-state index is 0.664. The quantitative estimate of drug-likeness (QED) is 0.853. The van der Waals surface area contributed by atoms with E-state index in [0.717, 1.165) is 28.5 Å². The van der Waals surface area contributed by atoms with E-state index in [1.807, 2.05) is 26.8 Å². The van der Waals surface area contributed by atoms with Gasteiger partial charge in [0.2, 0.25) is 0 Å². The number of hydrogen-bond donors (Lipinski definition) is 1. The molecular weight excluding hydrogens is 204 g/mol. The Hall–Kier alpha value is -1.91. The number of hydrogen-bond acceptors (Lipinski definition) is 5. The summed E-state index contributed by atoms with van der Waals surface area (Å²) in [5.74, 6) is 1.66. The van der Waals surface area contributed by atoms with Crippen LogP contribution < -0.4 is 5.32 Å². The van der Waals surface area contributed by atoms with Crippen molar-refractivity contribution in [3.05, 3.63) is 35.1 Å². The van der Waals surface area contributed by atoms with Crippen molar-refractivity contribution < 1.29 is 4.52 Å². The van der Waals surface area contributed by atoms with Gasteiger partial charge in [-0.05, 0) is 20.8 Å². The highest BCUT2D eigenvalue weighted by molar-refractivity contribution is 5.36. The fraction of sp³-hybridized carbons (Fsp3) is 0.364. The van der Waals surface area contributed by atoms with Gasteiger partial charge in [-0.3, -0.25) is 0 Å². The number of nitrogens with one attached hydrogen (secondary N) is 1. The predicted octanol–water partition coefficient (Wildman–Crippen LogP) is 2.00. The Labute approximate surface area is 93.9 Å². The van der Waals surface area contributed by atoms with E-state index in [-0.39, 0.29) is 0 Å². The molecule has 0 spiro atoms. The summed E-state index contributed by atoms with van der Waals surface area (Å²) in [6, 6.07) is 1.90. The molecule has 2 aromatic heterocycles. The van der Waals surface area contributed by atoms with Crippen LogP contribution in [0.3, 0.4) is 0 Å². The van der Waals surface area contributed by atoms with Crippen molar-refractivity contribution in [1.82, 2.24) is 15.1 Å². The van der Waals surface area contributed by atoms with E-state index in [4.69, 9.17) is 4.52 Å². The summed E-state index contributed by atoms with van der Waals surface area (Å²) in [5.41, 5.74) is 2.93. The summed E-state index contributed by atoms with van der Waals surface area (Å²) in [6.07, 6.45) is 1.55. The zero-order chi connectivity index (χ0) is 11.5.